The number of carbonyl (C=O) groups excluding carboxylic acids is 1. The lowest BCUT2D eigenvalue weighted by molar-refractivity contribution is 0.100. The van der Waals surface area contributed by atoms with Crippen LogP contribution in [0, 0.1) is 6.92 Å². The van der Waals surface area contributed by atoms with Crippen LogP contribution in [0.15, 0.2) is 30.5 Å². The van der Waals surface area contributed by atoms with Gasteiger partial charge in [0, 0.05) is 17.8 Å². The van der Waals surface area contributed by atoms with E-state index in [1.54, 1.807) is 0 Å². The highest BCUT2D eigenvalue weighted by atomic mass is 16.1. The first-order valence-electron chi connectivity index (χ1n) is 7.21. The number of nitrogens with two attached hydrogens (primary N) is 2. The summed E-state index contributed by atoms with van der Waals surface area (Å²) >= 11 is 0. The Morgan fingerprint density at radius 1 is 1.41 bits per heavy atom. The minimum Gasteiger partial charge on any atom is -0.365 e. The molecule has 1 aromatic carbocycles. The number of benzene rings is 1. The molecule has 2 aromatic rings. The molecule has 6 heteroatoms. The Hall–Kier alpha value is -2.47. The van der Waals surface area contributed by atoms with Crippen molar-refractivity contribution >= 4 is 11.9 Å². The van der Waals surface area contributed by atoms with Gasteiger partial charge in [-0.2, -0.15) is 0 Å². The van der Waals surface area contributed by atoms with E-state index in [2.05, 4.69) is 15.3 Å². The predicted molar refractivity (Wildman–Crippen MR) is 87.5 cm³/mol. The van der Waals surface area contributed by atoms with Crippen molar-refractivity contribution in [2.45, 2.75) is 26.3 Å². The average molecular weight is 299 g/mol. The highest BCUT2D eigenvalue weighted by molar-refractivity contribution is 5.98. The van der Waals surface area contributed by atoms with Crippen LogP contribution in [0.25, 0.3) is 11.3 Å². The molecule has 1 atom stereocenters. The van der Waals surface area contributed by atoms with Crippen LogP contribution in [-0.4, -0.2) is 28.5 Å². The zero-order valence-corrected chi connectivity index (χ0v) is 12.8. The largest absolute Gasteiger partial charge is 0.365 e. The number of hydrogen-bond acceptors (Lipinski definition) is 5. The Kier molecular flexibility index (Phi) is 5.06. The molecule has 0 saturated heterocycles. The van der Waals surface area contributed by atoms with E-state index in [1.807, 2.05) is 38.1 Å². The van der Waals surface area contributed by atoms with Crippen molar-refractivity contribution in [2.75, 3.05) is 11.9 Å². The number of nitrogens with one attached hydrogen (secondary N) is 1. The molecule has 6 nitrogen and oxygen atoms in total. The minimum atomic E-state index is -0.543. The van der Waals surface area contributed by atoms with Gasteiger partial charge >= 0.3 is 0 Å². The van der Waals surface area contributed by atoms with Crippen LogP contribution in [0.2, 0.25) is 0 Å². The van der Waals surface area contributed by atoms with Crippen molar-refractivity contribution < 1.29 is 4.79 Å². The summed E-state index contributed by atoms with van der Waals surface area (Å²) in [4.78, 5) is 20.3. The maximum Gasteiger partial charge on any atom is 0.252 e. The molecule has 1 aromatic heterocycles. The third-order valence-corrected chi connectivity index (χ3v) is 3.32. The third-order valence-electron chi connectivity index (χ3n) is 3.32. The van der Waals surface area contributed by atoms with E-state index in [4.69, 9.17) is 11.5 Å². The van der Waals surface area contributed by atoms with Crippen LogP contribution in [0.4, 0.5) is 5.95 Å². The molecule has 0 saturated carbocycles. The van der Waals surface area contributed by atoms with Crippen molar-refractivity contribution in [3.8, 4) is 11.3 Å². The molecule has 2 rings (SSSR count). The number of anilines is 1. The monoisotopic (exact) mass is 299 g/mol. The third kappa shape index (κ3) is 3.79. The summed E-state index contributed by atoms with van der Waals surface area (Å²) < 4.78 is 0. The highest BCUT2D eigenvalue weighted by Gasteiger charge is 2.15. The molecule has 5 N–H and O–H groups in total. The van der Waals surface area contributed by atoms with Crippen molar-refractivity contribution in [3.63, 3.8) is 0 Å². The summed E-state index contributed by atoms with van der Waals surface area (Å²) in [5, 5.41) is 3.18. The van der Waals surface area contributed by atoms with E-state index < -0.39 is 5.91 Å². The van der Waals surface area contributed by atoms with Gasteiger partial charge in [-0.15, -0.1) is 0 Å². The van der Waals surface area contributed by atoms with E-state index >= 15 is 0 Å². The predicted octanol–water partition coefficient (Wildman–Crippen LogP) is 1.70. The number of primary amides is 1. The van der Waals surface area contributed by atoms with Gasteiger partial charge in [0.05, 0.1) is 11.3 Å². The number of nitrogens with zero attached hydrogens (tertiary/aromatic N) is 2. The molecule has 116 valence electrons. The molecular weight excluding hydrogens is 278 g/mol. The molecule has 0 aliphatic carbocycles. The summed E-state index contributed by atoms with van der Waals surface area (Å²) in [5.41, 5.74) is 13.7. The fraction of sp³-hybridized carbons (Fsp3) is 0.312. The average Bonchev–Trinajstić information content (AvgIpc) is 2.47. The number of carbonyl (C=O) groups is 1. The zero-order chi connectivity index (χ0) is 16.1. The first kappa shape index (κ1) is 15.9. The SMILES string of the molecule is Cc1cccc(-c2nc(N[C@H](C)CCN)ncc2C(N)=O)c1. The lowest BCUT2D eigenvalue weighted by atomic mass is 10.0. The molecule has 0 aliphatic heterocycles. The zero-order valence-electron chi connectivity index (χ0n) is 12.8. The molecule has 0 unspecified atom stereocenters. The van der Waals surface area contributed by atoms with E-state index in [0.717, 1.165) is 17.5 Å². The second kappa shape index (κ2) is 7.00. The number of amides is 1. The maximum atomic E-state index is 11.6. The first-order chi connectivity index (χ1) is 10.5. The van der Waals surface area contributed by atoms with Gasteiger partial charge in [-0.05, 0) is 32.9 Å². The molecule has 22 heavy (non-hydrogen) atoms. The Bertz CT molecular complexity index is 671. The maximum absolute atomic E-state index is 11.6. The van der Waals surface area contributed by atoms with Crippen LogP contribution in [0.5, 0.6) is 0 Å². The topological polar surface area (TPSA) is 107 Å². The van der Waals surface area contributed by atoms with Crippen molar-refractivity contribution in [3.05, 3.63) is 41.6 Å². The second-order valence-electron chi connectivity index (χ2n) is 5.31. The number of hydrogen-bond donors (Lipinski definition) is 3. The number of aryl methyl sites for hydroxylation is 1. The van der Waals surface area contributed by atoms with Crippen LogP contribution < -0.4 is 16.8 Å². The van der Waals surface area contributed by atoms with Crippen LogP contribution in [-0.2, 0) is 0 Å². The van der Waals surface area contributed by atoms with Gasteiger partial charge in [-0.25, -0.2) is 9.97 Å². The minimum absolute atomic E-state index is 0.148. The summed E-state index contributed by atoms with van der Waals surface area (Å²) in [6, 6.07) is 7.91. The van der Waals surface area contributed by atoms with E-state index in [-0.39, 0.29) is 6.04 Å². The lowest BCUT2D eigenvalue weighted by Gasteiger charge is -2.14. The molecule has 0 spiro atoms. The lowest BCUT2D eigenvalue weighted by Crippen LogP contribution is -2.22. The second-order valence-corrected chi connectivity index (χ2v) is 5.31. The van der Waals surface area contributed by atoms with Crippen molar-refractivity contribution in [1.82, 2.24) is 9.97 Å². The number of rotatable bonds is 6. The van der Waals surface area contributed by atoms with E-state index in [9.17, 15) is 4.79 Å². The standard InChI is InChI=1S/C16H21N5O/c1-10-4-3-5-12(8-10)14-13(15(18)22)9-19-16(21-14)20-11(2)6-7-17/h3-5,8-9,11H,6-7,17H2,1-2H3,(H2,18,22)(H,19,20,21)/t11-/m1/s1. The molecule has 0 bridgehead atoms. The Labute approximate surface area is 130 Å². The first-order valence-corrected chi connectivity index (χ1v) is 7.21. The molecule has 1 heterocycles. The van der Waals surface area contributed by atoms with Gasteiger partial charge in [0.2, 0.25) is 5.95 Å². The summed E-state index contributed by atoms with van der Waals surface area (Å²) in [6.07, 6.45) is 2.27. The van der Waals surface area contributed by atoms with Gasteiger partial charge < -0.3 is 16.8 Å². The quantitative estimate of drug-likeness (QED) is 0.752. The summed E-state index contributed by atoms with van der Waals surface area (Å²) in [5.74, 6) is -0.0829. The van der Waals surface area contributed by atoms with E-state index in [0.29, 0.717) is 23.8 Å². The summed E-state index contributed by atoms with van der Waals surface area (Å²) in [7, 11) is 0. The normalized spacial score (nSPS) is 12.0. The van der Waals surface area contributed by atoms with Crippen LogP contribution in [0.3, 0.4) is 0 Å². The number of aromatic nitrogens is 2. The molecule has 1 amide bonds. The van der Waals surface area contributed by atoms with Crippen LogP contribution >= 0.6 is 0 Å². The van der Waals surface area contributed by atoms with Gasteiger partial charge in [0.25, 0.3) is 5.91 Å². The highest BCUT2D eigenvalue weighted by Crippen LogP contribution is 2.23. The summed E-state index contributed by atoms with van der Waals surface area (Å²) in [6.45, 7) is 4.57. The Balaban J connectivity index is 2.42. The Morgan fingerprint density at radius 3 is 2.82 bits per heavy atom. The van der Waals surface area contributed by atoms with Gasteiger partial charge in [-0.3, -0.25) is 4.79 Å². The fourth-order valence-electron chi connectivity index (χ4n) is 2.19. The fourth-order valence-corrected chi connectivity index (χ4v) is 2.19. The Morgan fingerprint density at radius 2 is 2.18 bits per heavy atom. The smallest absolute Gasteiger partial charge is 0.252 e. The van der Waals surface area contributed by atoms with Gasteiger partial charge in [0.15, 0.2) is 0 Å². The molecule has 0 radical (unpaired) electrons. The van der Waals surface area contributed by atoms with Crippen LogP contribution in [0.1, 0.15) is 29.3 Å². The van der Waals surface area contributed by atoms with Crippen molar-refractivity contribution in [2.24, 2.45) is 11.5 Å². The molecule has 0 fully saturated rings. The molecule has 0 aliphatic rings. The van der Waals surface area contributed by atoms with E-state index in [1.165, 1.54) is 6.20 Å². The molecular formula is C16H21N5O. The van der Waals surface area contributed by atoms with Crippen molar-refractivity contribution in [1.29, 1.82) is 0 Å². The van der Waals surface area contributed by atoms with Gasteiger partial charge in [-0.1, -0.05) is 23.8 Å². The van der Waals surface area contributed by atoms with Gasteiger partial charge in [0.1, 0.15) is 0 Å².